The van der Waals surface area contributed by atoms with E-state index >= 15 is 0 Å². The van der Waals surface area contributed by atoms with Crippen LogP contribution in [-0.4, -0.2) is 69.0 Å². The minimum absolute atomic E-state index is 0.177. The second-order valence-electron chi connectivity index (χ2n) is 7.20. The van der Waals surface area contributed by atoms with Crippen LogP contribution in [0, 0.1) is 5.92 Å². The van der Waals surface area contributed by atoms with E-state index in [0.29, 0.717) is 12.3 Å². The van der Waals surface area contributed by atoms with Crippen LogP contribution in [0.25, 0.3) is 0 Å². The van der Waals surface area contributed by atoms with Gasteiger partial charge in [-0.1, -0.05) is 26.0 Å². The molecule has 9 heteroatoms. The highest BCUT2D eigenvalue weighted by atomic mass is 32.2. The summed E-state index contributed by atoms with van der Waals surface area (Å²) in [6.45, 7) is 5.93. The largest absolute Gasteiger partial charge is 0.497 e. The van der Waals surface area contributed by atoms with E-state index in [-0.39, 0.29) is 24.9 Å². The number of hydrogen-bond donors (Lipinski definition) is 1. The number of amides is 2. The zero-order valence-electron chi connectivity index (χ0n) is 17.4. The normalized spacial score (nSPS) is 12.7. The van der Waals surface area contributed by atoms with Gasteiger partial charge in [-0.25, -0.2) is 8.42 Å². The number of likely N-dealkylation sites (N-methyl/N-ethyl adjacent to an activating group) is 1. The van der Waals surface area contributed by atoms with E-state index in [1.54, 1.807) is 38.3 Å². The molecule has 1 aromatic rings. The Morgan fingerprint density at radius 2 is 1.71 bits per heavy atom. The van der Waals surface area contributed by atoms with Gasteiger partial charge in [-0.3, -0.25) is 9.59 Å². The summed E-state index contributed by atoms with van der Waals surface area (Å²) >= 11 is 0. The number of nitrogens with zero attached hydrogens (tertiary/aromatic N) is 2. The van der Waals surface area contributed by atoms with Gasteiger partial charge in [0.1, 0.15) is 11.8 Å². The molecule has 0 aromatic heterocycles. The maximum absolute atomic E-state index is 12.8. The second-order valence-corrected chi connectivity index (χ2v) is 9.29. The van der Waals surface area contributed by atoms with E-state index in [9.17, 15) is 18.0 Å². The van der Waals surface area contributed by atoms with Crippen LogP contribution in [-0.2, 0) is 26.2 Å². The fourth-order valence-corrected chi connectivity index (χ4v) is 2.71. The summed E-state index contributed by atoms with van der Waals surface area (Å²) in [5.41, 5.74) is 0.805. The molecule has 0 spiro atoms. The third-order valence-corrected chi connectivity index (χ3v) is 5.55. The lowest BCUT2D eigenvalue weighted by Gasteiger charge is -2.30. The number of methoxy groups -OCH3 is 1. The van der Waals surface area contributed by atoms with Gasteiger partial charge in [-0.05, 0) is 30.5 Å². The van der Waals surface area contributed by atoms with E-state index in [4.69, 9.17) is 4.74 Å². The molecule has 28 heavy (non-hydrogen) atoms. The molecule has 158 valence electrons. The maximum Gasteiger partial charge on any atom is 0.242 e. The molecule has 0 saturated carbocycles. The molecule has 0 radical (unpaired) electrons. The summed E-state index contributed by atoms with van der Waals surface area (Å²) in [4.78, 5) is 26.7. The van der Waals surface area contributed by atoms with Crippen LogP contribution in [0.3, 0.4) is 0 Å². The molecule has 1 N–H and O–H groups in total. The minimum Gasteiger partial charge on any atom is -0.497 e. The van der Waals surface area contributed by atoms with Crippen molar-refractivity contribution in [3.63, 3.8) is 0 Å². The molecular weight excluding hydrogens is 382 g/mol. The molecule has 0 unspecified atom stereocenters. The molecular formula is C19H31N3O5S. The van der Waals surface area contributed by atoms with Crippen molar-refractivity contribution in [2.24, 2.45) is 5.92 Å². The Morgan fingerprint density at radius 3 is 2.18 bits per heavy atom. The van der Waals surface area contributed by atoms with E-state index in [1.165, 1.54) is 11.9 Å². The zero-order chi connectivity index (χ0) is 21.5. The number of nitrogens with one attached hydrogen (secondary N) is 1. The van der Waals surface area contributed by atoms with Crippen LogP contribution in [0.15, 0.2) is 24.3 Å². The minimum atomic E-state index is -3.51. The Labute approximate surface area is 167 Å². The van der Waals surface area contributed by atoms with Gasteiger partial charge in [0, 0.05) is 20.1 Å². The van der Waals surface area contributed by atoms with Crippen molar-refractivity contribution in [2.75, 3.05) is 33.5 Å². The fraction of sp³-hybridized carbons (Fsp3) is 0.579. The van der Waals surface area contributed by atoms with Crippen LogP contribution in [0.2, 0.25) is 0 Å². The molecule has 0 fully saturated rings. The number of carbonyl (C=O) groups excluding carboxylic acids is 2. The average Bonchev–Trinajstić information content (AvgIpc) is 2.63. The predicted octanol–water partition coefficient (Wildman–Crippen LogP) is 1.08. The van der Waals surface area contributed by atoms with Crippen LogP contribution < -0.4 is 10.1 Å². The second kappa shape index (κ2) is 10.4. The van der Waals surface area contributed by atoms with Crippen LogP contribution in [0.4, 0.5) is 0 Å². The lowest BCUT2D eigenvalue weighted by Crippen LogP contribution is -2.51. The monoisotopic (exact) mass is 413 g/mol. The number of hydrogen-bond acceptors (Lipinski definition) is 5. The Balaban J connectivity index is 3.03. The Bertz CT molecular complexity index is 762. The lowest BCUT2D eigenvalue weighted by molar-refractivity contribution is -0.140. The van der Waals surface area contributed by atoms with Crippen molar-refractivity contribution in [3.8, 4) is 5.75 Å². The third-order valence-electron chi connectivity index (χ3n) is 4.29. The Hall–Kier alpha value is -2.13. The van der Waals surface area contributed by atoms with Gasteiger partial charge in [-0.15, -0.1) is 0 Å². The van der Waals surface area contributed by atoms with E-state index in [0.717, 1.165) is 16.1 Å². The van der Waals surface area contributed by atoms with Crippen LogP contribution >= 0.6 is 0 Å². The number of carbonyl (C=O) groups is 2. The van der Waals surface area contributed by atoms with Gasteiger partial charge in [0.2, 0.25) is 21.8 Å². The third kappa shape index (κ3) is 7.47. The molecule has 8 nitrogen and oxygen atoms in total. The van der Waals surface area contributed by atoms with E-state index in [2.05, 4.69) is 5.32 Å². The summed E-state index contributed by atoms with van der Waals surface area (Å²) in [5.74, 6) is 0.230. The SMILES string of the molecule is COc1ccc(CN(C(=O)CN(C)S(C)(=O)=O)[C@@H](C)C(=O)NCC(C)C)cc1. The van der Waals surface area contributed by atoms with Gasteiger partial charge in [0.05, 0.1) is 19.9 Å². The summed E-state index contributed by atoms with van der Waals surface area (Å²) < 4.78 is 29.4. The van der Waals surface area contributed by atoms with E-state index < -0.39 is 22.0 Å². The lowest BCUT2D eigenvalue weighted by atomic mass is 10.1. The standard InChI is InChI=1S/C19H31N3O5S/c1-14(2)11-20-19(24)15(3)22(18(23)13-21(4)28(6,25)26)12-16-7-9-17(27-5)10-8-16/h7-10,14-15H,11-13H2,1-6H3,(H,20,24)/t15-/m0/s1. The highest BCUT2D eigenvalue weighted by molar-refractivity contribution is 7.88. The number of sulfonamides is 1. The van der Waals surface area contributed by atoms with Crippen molar-refractivity contribution >= 4 is 21.8 Å². The Morgan fingerprint density at radius 1 is 1.14 bits per heavy atom. The van der Waals surface area contributed by atoms with Crippen LogP contribution in [0.1, 0.15) is 26.3 Å². The first-order chi connectivity index (χ1) is 13.0. The quantitative estimate of drug-likeness (QED) is 0.619. The first kappa shape index (κ1) is 23.9. The zero-order valence-corrected chi connectivity index (χ0v) is 18.2. The van der Waals surface area contributed by atoms with Crippen LogP contribution in [0.5, 0.6) is 5.75 Å². The van der Waals surface area contributed by atoms with E-state index in [1.807, 2.05) is 13.8 Å². The Kier molecular flexibility index (Phi) is 8.90. The van der Waals surface area contributed by atoms with Crippen molar-refractivity contribution in [1.29, 1.82) is 0 Å². The summed E-state index contributed by atoms with van der Waals surface area (Å²) in [6, 6.07) is 6.39. The van der Waals surface area contributed by atoms with Crippen molar-refractivity contribution in [2.45, 2.75) is 33.4 Å². The molecule has 1 rings (SSSR count). The maximum atomic E-state index is 12.8. The molecule has 0 aliphatic rings. The molecule has 1 aromatic carbocycles. The van der Waals surface area contributed by atoms with Gasteiger partial charge in [-0.2, -0.15) is 4.31 Å². The van der Waals surface area contributed by atoms with Crippen molar-refractivity contribution < 1.29 is 22.7 Å². The summed E-state index contributed by atoms with van der Waals surface area (Å²) in [5, 5.41) is 2.82. The molecule has 0 heterocycles. The number of rotatable bonds is 10. The molecule has 0 aliphatic carbocycles. The van der Waals surface area contributed by atoms with Crippen molar-refractivity contribution in [3.05, 3.63) is 29.8 Å². The van der Waals surface area contributed by atoms with Gasteiger partial charge < -0.3 is 15.0 Å². The van der Waals surface area contributed by atoms with Gasteiger partial charge in [0.15, 0.2) is 0 Å². The summed E-state index contributed by atoms with van der Waals surface area (Å²) in [6.07, 6.45) is 1.03. The number of ether oxygens (including phenoxy) is 1. The highest BCUT2D eigenvalue weighted by Crippen LogP contribution is 2.15. The predicted molar refractivity (Wildman–Crippen MR) is 108 cm³/mol. The molecule has 1 atom stereocenters. The van der Waals surface area contributed by atoms with Gasteiger partial charge >= 0.3 is 0 Å². The molecule has 0 aliphatic heterocycles. The highest BCUT2D eigenvalue weighted by Gasteiger charge is 2.28. The first-order valence-electron chi connectivity index (χ1n) is 9.07. The van der Waals surface area contributed by atoms with Crippen molar-refractivity contribution in [1.82, 2.24) is 14.5 Å². The van der Waals surface area contributed by atoms with Gasteiger partial charge in [0.25, 0.3) is 0 Å². The first-order valence-corrected chi connectivity index (χ1v) is 10.9. The smallest absolute Gasteiger partial charge is 0.242 e. The number of benzene rings is 1. The fourth-order valence-electron chi connectivity index (χ4n) is 2.36. The average molecular weight is 414 g/mol. The molecule has 0 saturated heterocycles. The molecule has 2 amide bonds. The topological polar surface area (TPSA) is 96.0 Å². The summed E-state index contributed by atoms with van der Waals surface area (Å²) in [7, 11) is -0.614. The molecule has 0 bridgehead atoms.